The van der Waals surface area contributed by atoms with Gasteiger partial charge in [-0.15, -0.1) is 10.2 Å². The molecule has 0 aliphatic carbocycles. The predicted octanol–water partition coefficient (Wildman–Crippen LogP) is 3.20. The SMILES string of the molecule is CCOc1ccc([C@@H]2COC[C@H](C)N2C(=O)c2ccc3nc(N)c4c(c3c2)CO[C@@H]4C)nn1. The summed E-state index contributed by atoms with van der Waals surface area (Å²) in [7, 11) is 0. The molecule has 2 aliphatic rings. The third-order valence-electron chi connectivity index (χ3n) is 6.27. The average molecular weight is 450 g/mol. The number of morpholine rings is 1. The second-order valence-corrected chi connectivity index (χ2v) is 8.42. The van der Waals surface area contributed by atoms with Crippen LogP contribution in [0.15, 0.2) is 30.3 Å². The summed E-state index contributed by atoms with van der Waals surface area (Å²) in [5.41, 5.74) is 10.1. The van der Waals surface area contributed by atoms with Crippen molar-refractivity contribution in [2.45, 2.75) is 45.6 Å². The first-order valence-electron chi connectivity index (χ1n) is 11.2. The number of anilines is 1. The van der Waals surface area contributed by atoms with Gasteiger partial charge in [-0.1, -0.05) is 0 Å². The normalized spacial score (nSPS) is 22.4. The highest BCUT2D eigenvalue weighted by Gasteiger charge is 2.35. The Morgan fingerprint density at radius 2 is 2.06 bits per heavy atom. The van der Waals surface area contributed by atoms with E-state index in [9.17, 15) is 4.79 Å². The summed E-state index contributed by atoms with van der Waals surface area (Å²) in [4.78, 5) is 20.1. The molecule has 3 atom stereocenters. The van der Waals surface area contributed by atoms with Gasteiger partial charge < -0.3 is 24.8 Å². The van der Waals surface area contributed by atoms with Crippen LogP contribution < -0.4 is 10.5 Å². The van der Waals surface area contributed by atoms with E-state index < -0.39 is 0 Å². The van der Waals surface area contributed by atoms with Crippen LogP contribution >= 0.6 is 0 Å². The van der Waals surface area contributed by atoms with Gasteiger partial charge in [0.15, 0.2) is 0 Å². The molecule has 5 rings (SSSR count). The molecular weight excluding hydrogens is 422 g/mol. The smallest absolute Gasteiger partial charge is 0.254 e. The minimum absolute atomic E-state index is 0.0917. The van der Waals surface area contributed by atoms with Crippen LogP contribution in [-0.2, 0) is 16.1 Å². The first-order valence-corrected chi connectivity index (χ1v) is 11.2. The lowest BCUT2D eigenvalue weighted by molar-refractivity contribution is -0.0330. The van der Waals surface area contributed by atoms with Crippen molar-refractivity contribution in [2.75, 3.05) is 25.6 Å². The highest BCUT2D eigenvalue weighted by atomic mass is 16.5. The maximum atomic E-state index is 13.8. The van der Waals surface area contributed by atoms with Gasteiger partial charge in [-0.05, 0) is 50.6 Å². The number of nitrogen functional groups attached to an aromatic ring is 1. The first kappa shape index (κ1) is 21.5. The Morgan fingerprint density at radius 3 is 2.82 bits per heavy atom. The minimum Gasteiger partial charge on any atom is -0.477 e. The highest BCUT2D eigenvalue weighted by molar-refractivity contribution is 5.99. The van der Waals surface area contributed by atoms with Gasteiger partial charge >= 0.3 is 0 Å². The van der Waals surface area contributed by atoms with E-state index in [2.05, 4.69) is 15.2 Å². The number of nitrogens with two attached hydrogens (primary N) is 1. The maximum absolute atomic E-state index is 13.8. The van der Waals surface area contributed by atoms with Crippen LogP contribution in [0.2, 0.25) is 0 Å². The molecule has 9 nitrogen and oxygen atoms in total. The van der Waals surface area contributed by atoms with E-state index in [1.165, 1.54) is 0 Å². The van der Waals surface area contributed by atoms with Crippen LogP contribution in [0, 0.1) is 0 Å². The molecule has 2 N–H and O–H groups in total. The lowest BCUT2D eigenvalue weighted by Crippen LogP contribution is -2.49. The number of rotatable bonds is 4. The van der Waals surface area contributed by atoms with E-state index in [4.69, 9.17) is 19.9 Å². The number of carbonyl (C=O) groups excluding carboxylic acids is 1. The van der Waals surface area contributed by atoms with Crippen LogP contribution in [0.4, 0.5) is 5.82 Å². The van der Waals surface area contributed by atoms with Crippen LogP contribution in [0.5, 0.6) is 5.88 Å². The van der Waals surface area contributed by atoms with Crippen molar-refractivity contribution >= 4 is 22.6 Å². The fourth-order valence-electron chi connectivity index (χ4n) is 4.67. The first-order chi connectivity index (χ1) is 16.0. The number of pyridine rings is 1. The second kappa shape index (κ2) is 8.57. The van der Waals surface area contributed by atoms with Crippen molar-refractivity contribution in [3.63, 3.8) is 0 Å². The molecule has 3 aromatic rings. The topological polar surface area (TPSA) is 113 Å². The number of carbonyl (C=O) groups is 1. The summed E-state index contributed by atoms with van der Waals surface area (Å²) in [6.45, 7) is 7.60. The Bertz CT molecular complexity index is 1200. The molecule has 1 aromatic carbocycles. The molecule has 0 bridgehead atoms. The van der Waals surface area contributed by atoms with Crippen molar-refractivity contribution in [2.24, 2.45) is 0 Å². The zero-order chi connectivity index (χ0) is 23.1. The molecule has 2 aliphatic heterocycles. The van der Waals surface area contributed by atoms with Gasteiger partial charge in [-0.25, -0.2) is 4.98 Å². The predicted molar refractivity (Wildman–Crippen MR) is 122 cm³/mol. The number of hydrogen-bond acceptors (Lipinski definition) is 8. The summed E-state index contributed by atoms with van der Waals surface area (Å²) >= 11 is 0. The fraction of sp³-hybridized carbons (Fsp3) is 0.417. The van der Waals surface area contributed by atoms with E-state index in [0.717, 1.165) is 22.0 Å². The molecule has 0 saturated carbocycles. The Balaban J connectivity index is 1.51. The lowest BCUT2D eigenvalue weighted by atomic mass is 9.99. The molecule has 0 radical (unpaired) electrons. The van der Waals surface area contributed by atoms with Crippen LogP contribution in [0.1, 0.15) is 60.1 Å². The van der Waals surface area contributed by atoms with Crippen molar-refractivity contribution in [3.8, 4) is 5.88 Å². The van der Waals surface area contributed by atoms with E-state index >= 15 is 0 Å². The van der Waals surface area contributed by atoms with Gasteiger partial charge in [0.2, 0.25) is 5.88 Å². The Labute approximate surface area is 191 Å². The molecule has 0 spiro atoms. The number of benzene rings is 1. The van der Waals surface area contributed by atoms with E-state index in [0.29, 0.717) is 49.4 Å². The van der Waals surface area contributed by atoms with Crippen molar-refractivity contribution < 1.29 is 19.0 Å². The number of hydrogen-bond donors (Lipinski definition) is 1. The number of nitrogens with zero attached hydrogens (tertiary/aromatic N) is 4. The lowest BCUT2D eigenvalue weighted by Gasteiger charge is -2.40. The average Bonchev–Trinajstić information content (AvgIpc) is 3.21. The van der Waals surface area contributed by atoms with Crippen LogP contribution in [-0.4, -0.2) is 51.9 Å². The number of amides is 1. The molecule has 0 unspecified atom stereocenters. The summed E-state index contributed by atoms with van der Waals surface area (Å²) in [6, 6.07) is 8.67. The van der Waals surface area contributed by atoms with E-state index in [-0.39, 0.29) is 24.1 Å². The van der Waals surface area contributed by atoms with E-state index in [1.54, 1.807) is 12.1 Å². The van der Waals surface area contributed by atoms with Crippen molar-refractivity contribution in [3.05, 3.63) is 52.7 Å². The molecule has 4 heterocycles. The molecule has 9 heteroatoms. The molecule has 1 fully saturated rings. The zero-order valence-corrected chi connectivity index (χ0v) is 18.9. The summed E-state index contributed by atoms with van der Waals surface area (Å²) in [5, 5.41) is 9.33. The minimum atomic E-state index is -0.348. The molecule has 1 amide bonds. The van der Waals surface area contributed by atoms with Crippen LogP contribution in [0.3, 0.4) is 0 Å². The molecule has 2 aromatic heterocycles. The Hall–Kier alpha value is -3.30. The number of ether oxygens (including phenoxy) is 3. The Kier molecular flexibility index (Phi) is 5.59. The second-order valence-electron chi connectivity index (χ2n) is 8.42. The zero-order valence-electron chi connectivity index (χ0n) is 18.9. The van der Waals surface area contributed by atoms with Crippen LogP contribution in [0.25, 0.3) is 10.9 Å². The van der Waals surface area contributed by atoms with Crippen molar-refractivity contribution in [1.82, 2.24) is 20.1 Å². The largest absolute Gasteiger partial charge is 0.477 e. The van der Waals surface area contributed by atoms with Gasteiger partial charge in [-0.2, -0.15) is 0 Å². The summed E-state index contributed by atoms with van der Waals surface area (Å²) < 4.78 is 17.0. The molecule has 1 saturated heterocycles. The Morgan fingerprint density at radius 1 is 1.21 bits per heavy atom. The van der Waals surface area contributed by atoms with Gasteiger partial charge in [-0.3, -0.25) is 4.79 Å². The quantitative estimate of drug-likeness (QED) is 0.646. The molecular formula is C24H27N5O4. The highest BCUT2D eigenvalue weighted by Crippen LogP contribution is 2.38. The number of fused-ring (bicyclic) bond motifs is 3. The van der Waals surface area contributed by atoms with Gasteiger partial charge in [0, 0.05) is 22.6 Å². The van der Waals surface area contributed by atoms with Gasteiger partial charge in [0.05, 0.1) is 55.8 Å². The van der Waals surface area contributed by atoms with Crippen molar-refractivity contribution in [1.29, 1.82) is 0 Å². The third-order valence-corrected chi connectivity index (χ3v) is 6.27. The molecule has 33 heavy (non-hydrogen) atoms. The van der Waals surface area contributed by atoms with Gasteiger partial charge in [0.25, 0.3) is 5.91 Å². The number of aromatic nitrogens is 3. The summed E-state index contributed by atoms with van der Waals surface area (Å²) in [5.74, 6) is 0.846. The maximum Gasteiger partial charge on any atom is 0.254 e. The standard InChI is InChI=1S/C24H27N5O4/c1-4-32-21-8-7-19(27-28-21)20-12-31-10-13(2)29(20)24(30)15-5-6-18-16(9-15)17-11-33-14(3)22(17)23(25)26-18/h5-9,13-14,20H,4,10-12H2,1-3H3,(H2,25,26)/t13-,14+,20-/m0/s1. The molecule has 172 valence electrons. The third kappa shape index (κ3) is 3.77. The monoisotopic (exact) mass is 449 g/mol. The summed E-state index contributed by atoms with van der Waals surface area (Å²) in [6.07, 6.45) is -0.113. The fourth-order valence-corrected chi connectivity index (χ4v) is 4.67. The van der Waals surface area contributed by atoms with E-state index in [1.807, 2.05) is 43.9 Å². The van der Waals surface area contributed by atoms with Gasteiger partial charge in [0.1, 0.15) is 5.82 Å².